The van der Waals surface area contributed by atoms with Crippen molar-refractivity contribution in [3.63, 3.8) is 0 Å². The van der Waals surface area contributed by atoms with E-state index in [9.17, 15) is 4.79 Å². The van der Waals surface area contributed by atoms with E-state index >= 15 is 0 Å². The Balaban J connectivity index is 1.66. The van der Waals surface area contributed by atoms with Crippen molar-refractivity contribution in [3.05, 3.63) is 72.4 Å². The van der Waals surface area contributed by atoms with Crippen LogP contribution in [0.1, 0.15) is 16.8 Å². The lowest BCUT2D eigenvalue weighted by atomic mass is 10.1. The Bertz CT molecular complexity index is 748. The van der Waals surface area contributed by atoms with Gasteiger partial charge in [-0.15, -0.1) is 0 Å². The van der Waals surface area contributed by atoms with Crippen molar-refractivity contribution in [2.24, 2.45) is 0 Å². The van der Waals surface area contributed by atoms with Crippen molar-refractivity contribution >= 4 is 16.7 Å². The molecule has 3 rings (SSSR count). The molecule has 3 nitrogen and oxygen atoms in total. The fraction of sp³-hybridized carbons (Fsp3) is 0.111. The van der Waals surface area contributed by atoms with E-state index in [1.165, 1.54) is 0 Å². The van der Waals surface area contributed by atoms with E-state index in [2.05, 4.69) is 4.98 Å². The highest BCUT2D eigenvalue weighted by Gasteiger charge is 2.07. The number of rotatable bonds is 5. The summed E-state index contributed by atoms with van der Waals surface area (Å²) in [6, 6.07) is 18.9. The second-order valence-electron chi connectivity index (χ2n) is 4.72. The number of fused-ring (bicyclic) bond motifs is 1. The van der Waals surface area contributed by atoms with Crippen molar-refractivity contribution in [2.75, 3.05) is 6.61 Å². The Morgan fingerprint density at radius 1 is 0.952 bits per heavy atom. The summed E-state index contributed by atoms with van der Waals surface area (Å²) < 4.78 is 5.73. The number of aromatic nitrogens is 1. The number of carbonyl (C=O) groups is 1. The number of hydrogen-bond acceptors (Lipinski definition) is 3. The zero-order valence-corrected chi connectivity index (χ0v) is 11.5. The van der Waals surface area contributed by atoms with Gasteiger partial charge in [0.25, 0.3) is 0 Å². The topological polar surface area (TPSA) is 39.2 Å². The van der Waals surface area contributed by atoms with Crippen LogP contribution in [0.15, 0.2) is 66.9 Å². The monoisotopic (exact) mass is 277 g/mol. The van der Waals surface area contributed by atoms with Crippen LogP contribution in [-0.4, -0.2) is 17.4 Å². The summed E-state index contributed by atoms with van der Waals surface area (Å²) in [6.45, 7) is 0.351. The van der Waals surface area contributed by atoms with E-state index in [1.54, 1.807) is 6.20 Å². The number of Topliss-reactive ketones (excluding diaryl/α,β-unsaturated/α-hetero) is 1. The summed E-state index contributed by atoms with van der Waals surface area (Å²) >= 11 is 0. The van der Waals surface area contributed by atoms with Crippen LogP contribution in [0.3, 0.4) is 0 Å². The zero-order chi connectivity index (χ0) is 14.5. The van der Waals surface area contributed by atoms with Crippen LogP contribution in [0.2, 0.25) is 0 Å². The van der Waals surface area contributed by atoms with Crippen LogP contribution in [0.25, 0.3) is 10.9 Å². The van der Waals surface area contributed by atoms with E-state index in [-0.39, 0.29) is 5.78 Å². The van der Waals surface area contributed by atoms with Gasteiger partial charge >= 0.3 is 0 Å². The summed E-state index contributed by atoms with van der Waals surface area (Å²) in [5, 5.41) is 1.03. The molecule has 0 saturated heterocycles. The summed E-state index contributed by atoms with van der Waals surface area (Å²) in [5.41, 5.74) is 1.55. The molecule has 0 N–H and O–H groups in total. The maximum atomic E-state index is 12.0. The van der Waals surface area contributed by atoms with Crippen molar-refractivity contribution < 1.29 is 9.53 Å². The van der Waals surface area contributed by atoms with Gasteiger partial charge in [0.1, 0.15) is 11.3 Å². The maximum Gasteiger partial charge on any atom is 0.166 e. The predicted octanol–water partition coefficient (Wildman–Crippen LogP) is 3.89. The number of para-hydroxylation sites is 1. The van der Waals surface area contributed by atoms with Gasteiger partial charge < -0.3 is 4.74 Å². The van der Waals surface area contributed by atoms with Crippen molar-refractivity contribution in [1.82, 2.24) is 4.98 Å². The molecule has 0 fully saturated rings. The minimum atomic E-state index is 0.0868. The highest BCUT2D eigenvalue weighted by Crippen LogP contribution is 2.23. The third-order valence-electron chi connectivity index (χ3n) is 3.28. The third-order valence-corrected chi connectivity index (χ3v) is 3.28. The number of hydrogen-bond donors (Lipinski definition) is 0. The van der Waals surface area contributed by atoms with Crippen molar-refractivity contribution in [3.8, 4) is 5.75 Å². The van der Waals surface area contributed by atoms with Gasteiger partial charge in [0.15, 0.2) is 5.78 Å². The molecule has 0 saturated carbocycles. The first-order chi connectivity index (χ1) is 10.3. The van der Waals surface area contributed by atoms with E-state index in [0.29, 0.717) is 18.8 Å². The fourth-order valence-corrected chi connectivity index (χ4v) is 2.21. The second kappa shape index (κ2) is 6.18. The van der Waals surface area contributed by atoms with Crippen LogP contribution < -0.4 is 4.74 Å². The van der Waals surface area contributed by atoms with Gasteiger partial charge in [-0.25, -0.2) is 0 Å². The molecule has 0 amide bonds. The highest BCUT2D eigenvalue weighted by atomic mass is 16.5. The third kappa shape index (κ3) is 3.08. The molecule has 0 radical (unpaired) electrons. The van der Waals surface area contributed by atoms with Crippen LogP contribution in [0, 0.1) is 0 Å². The summed E-state index contributed by atoms with van der Waals surface area (Å²) in [4.78, 5) is 16.3. The number of ketones is 1. The fourth-order valence-electron chi connectivity index (χ4n) is 2.21. The number of ether oxygens (including phenoxy) is 1. The minimum absolute atomic E-state index is 0.0868. The minimum Gasteiger partial charge on any atom is -0.491 e. The van der Waals surface area contributed by atoms with Crippen LogP contribution in [0.5, 0.6) is 5.75 Å². The SMILES string of the molecule is O=C(CCOc1cccc2cccnc12)c1ccccc1. The van der Waals surface area contributed by atoms with Gasteiger partial charge in [-0.1, -0.05) is 48.5 Å². The molecule has 0 aliphatic rings. The number of benzene rings is 2. The summed E-state index contributed by atoms with van der Waals surface area (Å²) in [7, 11) is 0. The molecular formula is C18H15NO2. The van der Waals surface area contributed by atoms with Crippen LogP contribution in [-0.2, 0) is 0 Å². The molecule has 21 heavy (non-hydrogen) atoms. The van der Waals surface area contributed by atoms with E-state index < -0.39 is 0 Å². The first-order valence-electron chi connectivity index (χ1n) is 6.89. The van der Waals surface area contributed by atoms with Gasteiger partial charge in [-0.05, 0) is 12.1 Å². The summed E-state index contributed by atoms with van der Waals surface area (Å²) in [5.74, 6) is 0.803. The average Bonchev–Trinajstić information content (AvgIpc) is 2.56. The Labute approximate surface area is 123 Å². The average molecular weight is 277 g/mol. The molecule has 0 aliphatic heterocycles. The number of nitrogens with zero attached hydrogens (tertiary/aromatic N) is 1. The first kappa shape index (κ1) is 13.3. The zero-order valence-electron chi connectivity index (χ0n) is 11.5. The molecule has 3 heteroatoms. The van der Waals surface area contributed by atoms with Crippen molar-refractivity contribution in [2.45, 2.75) is 6.42 Å². The van der Waals surface area contributed by atoms with Gasteiger partial charge in [-0.3, -0.25) is 9.78 Å². The lowest BCUT2D eigenvalue weighted by Crippen LogP contribution is -2.07. The molecule has 3 aromatic rings. The van der Waals surface area contributed by atoms with Gasteiger partial charge in [0, 0.05) is 23.6 Å². The molecule has 0 aliphatic carbocycles. The standard InChI is InChI=1S/C18H15NO2/c20-16(14-6-2-1-3-7-14)11-13-21-17-10-4-8-15-9-5-12-19-18(15)17/h1-10,12H,11,13H2. The predicted molar refractivity (Wildman–Crippen MR) is 82.6 cm³/mol. The van der Waals surface area contributed by atoms with Gasteiger partial charge in [-0.2, -0.15) is 0 Å². The van der Waals surface area contributed by atoms with Gasteiger partial charge in [0.2, 0.25) is 0 Å². The van der Waals surface area contributed by atoms with E-state index in [1.807, 2.05) is 60.7 Å². The quantitative estimate of drug-likeness (QED) is 0.664. The lowest BCUT2D eigenvalue weighted by Gasteiger charge is -2.08. The molecule has 0 atom stereocenters. The Kier molecular flexibility index (Phi) is 3.92. The highest BCUT2D eigenvalue weighted by molar-refractivity contribution is 5.96. The van der Waals surface area contributed by atoms with Crippen LogP contribution in [0.4, 0.5) is 0 Å². The van der Waals surface area contributed by atoms with E-state index in [0.717, 1.165) is 16.5 Å². The maximum absolute atomic E-state index is 12.0. The summed E-state index contributed by atoms with van der Waals surface area (Å²) in [6.07, 6.45) is 2.09. The van der Waals surface area contributed by atoms with Crippen LogP contribution >= 0.6 is 0 Å². The number of pyridine rings is 1. The molecule has 1 aromatic heterocycles. The van der Waals surface area contributed by atoms with E-state index in [4.69, 9.17) is 4.74 Å². The molecular weight excluding hydrogens is 262 g/mol. The Hall–Kier alpha value is -2.68. The second-order valence-corrected chi connectivity index (χ2v) is 4.72. The largest absolute Gasteiger partial charge is 0.491 e. The van der Waals surface area contributed by atoms with Crippen molar-refractivity contribution in [1.29, 1.82) is 0 Å². The normalized spacial score (nSPS) is 10.5. The molecule has 2 aromatic carbocycles. The first-order valence-corrected chi connectivity index (χ1v) is 6.89. The van der Waals surface area contributed by atoms with Gasteiger partial charge in [0.05, 0.1) is 6.61 Å². The Morgan fingerprint density at radius 2 is 1.76 bits per heavy atom. The Morgan fingerprint density at radius 3 is 2.62 bits per heavy atom. The molecule has 0 bridgehead atoms. The number of carbonyl (C=O) groups excluding carboxylic acids is 1. The molecule has 104 valence electrons. The molecule has 1 heterocycles. The lowest BCUT2D eigenvalue weighted by molar-refractivity contribution is 0.0962. The molecule has 0 spiro atoms. The smallest absolute Gasteiger partial charge is 0.166 e. The molecule has 0 unspecified atom stereocenters.